The van der Waals surface area contributed by atoms with E-state index < -0.39 is 0 Å². The number of nitrogens with one attached hydrogen (secondary N) is 1. The molecule has 2 aromatic rings. The summed E-state index contributed by atoms with van der Waals surface area (Å²) in [5.74, 6) is 0.815. The average molecular weight is 365 g/mol. The molecule has 1 saturated heterocycles. The Morgan fingerprint density at radius 2 is 1.56 bits per heavy atom. The summed E-state index contributed by atoms with van der Waals surface area (Å²) < 4.78 is 0. The van der Waals surface area contributed by atoms with Crippen LogP contribution in [-0.4, -0.2) is 29.2 Å². The van der Waals surface area contributed by atoms with E-state index in [0.29, 0.717) is 0 Å². The van der Waals surface area contributed by atoms with Crippen molar-refractivity contribution < 1.29 is 5.11 Å². The normalized spacial score (nSPS) is 19.1. The van der Waals surface area contributed by atoms with E-state index >= 15 is 0 Å². The fourth-order valence-corrected chi connectivity index (χ4v) is 4.19. The molecule has 3 nitrogen and oxygen atoms in total. The van der Waals surface area contributed by atoms with E-state index in [1.807, 2.05) is 0 Å². The number of piperidine rings is 1. The van der Waals surface area contributed by atoms with Gasteiger partial charge in [0.05, 0.1) is 6.10 Å². The third-order valence-corrected chi connectivity index (χ3v) is 6.27. The highest BCUT2D eigenvalue weighted by Crippen LogP contribution is 2.36. The number of aliphatic hydroxyl groups is 1. The molecule has 2 N–H and O–H groups in total. The second kappa shape index (κ2) is 9.01. The molecule has 0 aromatic heterocycles. The predicted molar refractivity (Wildman–Crippen MR) is 111 cm³/mol. The Morgan fingerprint density at radius 1 is 0.852 bits per heavy atom. The summed E-state index contributed by atoms with van der Waals surface area (Å²) in [4.78, 5) is 2.46. The number of hydrogen-bond donors (Lipinski definition) is 2. The number of hydrogen-bond acceptors (Lipinski definition) is 3. The van der Waals surface area contributed by atoms with Crippen molar-refractivity contribution in [3.05, 3.63) is 70.8 Å². The zero-order valence-electron chi connectivity index (χ0n) is 16.2. The first-order valence-electron chi connectivity index (χ1n) is 10.5. The maximum atomic E-state index is 9.70. The standard InChI is InChI=1S/C24H32N2O/c27-24-12-14-26(15-13-24)18-23-5-2-1-4-22(23)17-25-16-19-8-10-21(11-9-19)20-6-3-7-20/h1-2,4-5,8-11,20,24-25,27H,3,6-7,12-18H2. The molecule has 0 radical (unpaired) electrons. The Labute approximate surface area is 163 Å². The van der Waals surface area contributed by atoms with Crippen LogP contribution >= 0.6 is 0 Å². The molecule has 144 valence electrons. The van der Waals surface area contributed by atoms with Crippen molar-refractivity contribution in [2.75, 3.05) is 13.1 Å². The van der Waals surface area contributed by atoms with Crippen molar-refractivity contribution in [2.45, 2.75) is 63.8 Å². The van der Waals surface area contributed by atoms with Crippen molar-refractivity contribution in [1.82, 2.24) is 10.2 Å². The topological polar surface area (TPSA) is 35.5 Å². The van der Waals surface area contributed by atoms with Crippen LogP contribution in [0.4, 0.5) is 0 Å². The summed E-state index contributed by atoms with van der Waals surface area (Å²) in [7, 11) is 0. The Hall–Kier alpha value is -1.68. The first-order chi connectivity index (χ1) is 13.3. The van der Waals surface area contributed by atoms with E-state index in [9.17, 15) is 5.11 Å². The number of likely N-dealkylation sites (tertiary alicyclic amines) is 1. The molecular formula is C24H32N2O. The zero-order chi connectivity index (χ0) is 18.5. The maximum Gasteiger partial charge on any atom is 0.0564 e. The number of rotatable bonds is 7. The van der Waals surface area contributed by atoms with Gasteiger partial charge in [-0.15, -0.1) is 0 Å². The van der Waals surface area contributed by atoms with E-state index in [1.165, 1.54) is 41.5 Å². The SMILES string of the molecule is OC1CCN(Cc2ccccc2CNCc2ccc(C3CCC3)cc2)CC1. The third kappa shape index (κ3) is 4.98. The largest absolute Gasteiger partial charge is 0.393 e. The van der Waals surface area contributed by atoms with E-state index in [4.69, 9.17) is 0 Å². The average Bonchev–Trinajstić information content (AvgIpc) is 2.65. The van der Waals surface area contributed by atoms with E-state index in [-0.39, 0.29) is 6.10 Å². The number of aliphatic hydroxyl groups excluding tert-OH is 1. The van der Waals surface area contributed by atoms with Crippen LogP contribution < -0.4 is 5.32 Å². The summed E-state index contributed by atoms with van der Waals surface area (Å²) >= 11 is 0. The quantitative estimate of drug-likeness (QED) is 0.773. The van der Waals surface area contributed by atoms with E-state index in [1.54, 1.807) is 0 Å². The molecular weight excluding hydrogens is 332 g/mol. The zero-order valence-corrected chi connectivity index (χ0v) is 16.2. The minimum absolute atomic E-state index is 0.103. The van der Waals surface area contributed by atoms with Crippen molar-refractivity contribution >= 4 is 0 Å². The molecule has 0 atom stereocenters. The van der Waals surface area contributed by atoms with Crippen molar-refractivity contribution in [3.8, 4) is 0 Å². The first-order valence-corrected chi connectivity index (χ1v) is 10.5. The summed E-state index contributed by atoms with van der Waals surface area (Å²) in [5.41, 5.74) is 5.67. The van der Waals surface area contributed by atoms with Crippen LogP contribution in [0.5, 0.6) is 0 Å². The van der Waals surface area contributed by atoms with Gasteiger partial charge in [-0.05, 0) is 53.9 Å². The number of nitrogens with zero attached hydrogens (tertiary/aromatic N) is 1. The Bertz CT molecular complexity index is 715. The van der Waals surface area contributed by atoms with Crippen molar-refractivity contribution in [3.63, 3.8) is 0 Å². The van der Waals surface area contributed by atoms with Gasteiger partial charge < -0.3 is 10.4 Å². The highest BCUT2D eigenvalue weighted by atomic mass is 16.3. The summed E-state index contributed by atoms with van der Waals surface area (Å²) in [6, 6.07) is 18.0. The summed E-state index contributed by atoms with van der Waals surface area (Å²) in [5, 5.41) is 13.3. The molecule has 0 amide bonds. The summed E-state index contributed by atoms with van der Waals surface area (Å²) in [6.07, 6.45) is 5.82. The van der Waals surface area contributed by atoms with Gasteiger partial charge in [0.1, 0.15) is 0 Å². The smallest absolute Gasteiger partial charge is 0.0564 e. The van der Waals surface area contributed by atoms with Gasteiger partial charge in [-0.3, -0.25) is 4.90 Å². The van der Waals surface area contributed by atoms with Crippen LogP contribution in [0.1, 0.15) is 60.3 Å². The van der Waals surface area contributed by atoms with Gasteiger partial charge >= 0.3 is 0 Å². The lowest BCUT2D eigenvalue weighted by molar-refractivity contribution is 0.0791. The van der Waals surface area contributed by atoms with Crippen LogP contribution in [0.3, 0.4) is 0 Å². The molecule has 1 saturated carbocycles. The second-order valence-corrected chi connectivity index (χ2v) is 8.25. The molecule has 0 bridgehead atoms. The molecule has 1 aliphatic carbocycles. The van der Waals surface area contributed by atoms with Gasteiger partial charge in [-0.25, -0.2) is 0 Å². The lowest BCUT2D eigenvalue weighted by atomic mass is 9.80. The molecule has 1 heterocycles. The molecule has 2 fully saturated rings. The van der Waals surface area contributed by atoms with Crippen LogP contribution in [0.2, 0.25) is 0 Å². The molecule has 4 rings (SSSR count). The number of benzene rings is 2. The molecule has 27 heavy (non-hydrogen) atoms. The lowest BCUT2D eigenvalue weighted by Crippen LogP contribution is -2.35. The first kappa shape index (κ1) is 18.7. The predicted octanol–water partition coefficient (Wildman–Crippen LogP) is 4.20. The Balaban J connectivity index is 1.29. The fourth-order valence-electron chi connectivity index (χ4n) is 4.19. The van der Waals surface area contributed by atoms with Crippen LogP contribution in [0, 0.1) is 0 Å². The van der Waals surface area contributed by atoms with Gasteiger partial charge in [0.2, 0.25) is 0 Å². The second-order valence-electron chi connectivity index (χ2n) is 8.25. The van der Waals surface area contributed by atoms with Gasteiger partial charge in [-0.1, -0.05) is 55.0 Å². The Kier molecular flexibility index (Phi) is 6.23. The minimum Gasteiger partial charge on any atom is -0.393 e. The van der Waals surface area contributed by atoms with Gasteiger partial charge in [0, 0.05) is 32.7 Å². The third-order valence-electron chi connectivity index (χ3n) is 6.27. The molecule has 2 aliphatic rings. The highest BCUT2D eigenvalue weighted by Gasteiger charge is 2.19. The minimum atomic E-state index is -0.103. The summed E-state index contributed by atoms with van der Waals surface area (Å²) in [6.45, 7) is 4.79. The van der Waals surface area contributed by atoms with Gasteiger partial charge in [0.25, 0.3) is 0 Å². The van der Waals surface area contributed by atoms with E-state index in [0.717, 1.165) is 51.5 Å². The van der Waals surface area contributed by atoms with E-state index in [2.05, 4.69) is 58.7 Å². The molecule has 3 heteroatoms. The van der Waals surface area contributed by atoms with Gasteiger partial charge in [0.15, 0.2) is 0 Å². The van der Waals surface area contributed by atoms with Crippen LogP contribution in [0.25, 0.3) is 0 Å². The monoisotopic (exact) mass is 364 g/mol. The molecule has 0 spiro atoms. The fraction of sp³-hybridized carbons (Fsp3) is 0.500. The van der Waals surface area contributed by atoms with Crippen molar-refractivity contribution in [2.24, 2.45) is 0 Å². The Morgan fingerprint density at radius 3 is 2.22 bits per heavy atom. The maximum absolute atomic E-state index is 9.70. The van der Waals surface area contributed by atoms with Crippen molar-refractivity contribution in [1.29, 1.82) is 0 Å². The molecule has 2 aromatic carbocycles. The molecule has 1 aliphatic heterocycles. The lowest BCUT2D eigenvalue weighted by Gasteiger charge is -2.30. The molecule has 0 unspecified atom stereocenters. The van der Waals surface area contributed by atoms with Crippen LogP contribution in [0.15, 0.2) is 48.5 Å². The van der Waals surface area contributed by atoms with Crippen LogP contribution in [-0.2, 0) is 19.6 Å². The highest BCUT2D eigenvalue weighted by molar-refractivity contribution is 5.28. The van der Waals surface area contributed by atoms with Gasteiger partial charge in [-0.2, -0.15) is 0 Å².